The maximum atomic E-state index is 14.7. The van der Waals surface area contributed by atoms with Crippen molar-refractivity contribution < 1.29 is 13.9 Å². The molecule has 5 nitrogen and oxygen atoms in total. The Morgan fingerprint density at radius 1 is 1.18 bits per heavy atom. The molecule has 2 aromatic carbocycles. The van der Waals surface area contributed by atoms with Gasteiger partial charge in [0.15, 0.2) is 0 Å². The van der Waals surface area contributed by atoms with Gasteiger partial charge in [0.2, 0.25) is 0 Å². The lowest BCUT2D eigenvalue weighted by Crippen LogP contribution is -2.31. The number of fused-ring (bicyclic) bond motifs is 1. The molecule has 0 bridgehead atoms. The first kappa shape index (κ1) is 18.4. The van der Waals surface area contributed by atoms with Crippen molar-refractivity contribution in [3.05, 3.63) is 76.7 Å². The van der Waals surface area contributed by atoms with Crippen molar-refractivity contribution in [3.63, 3.8) is 0 Å². The molecule has 144 valence electrons. The highest BCUT2D eigenvalue weighted by atomic mass is 19.1. The molecule has 28 heavy (non-hydrogen) atoms. The molecule has 1 N–H and O–H groups in total. The van der Waals surface area contributed by atoms with Crippen LogP contribution in [-0.2, 0) is 4.74 Å². The number of aromatic amines is 1. The van der Waals surface area contributed by atoms with Gasteiger partial charge in [-0.25, -0.2) is 4.39 Å². The van der Waals surface area contributed by atoms with Gasteiger partial charge in [-0.3, -0.25) is 9.89 Å². The summed E-state index contributed by atoms with van der Waals surface area (Å²) in [5, 5.41) is 7.30. The predicted octanol–water partition coefficient (Wildman–Crippen LogP) is 4.11. The van der Waals surface area contributed by atoms with E-state index in [0.29, 0.717) is 36.5 Å². The molecule has 6 heteroatoms. The second-order valence-corrected chi connectivity index (χ2v) is 7.00. The minimum atomic E-state index is -0.518. The largest absolute Gasteiger partial charge is 0.385 e. The highest BCUT2D eigenvalue weighted by molar-refractivity contribution is 6.00. The number of amides is 1. The highest BCUT2D eigenvalue weighted by Gasteiger charge is 2.42. The van der Waals surface area contributed by atoms with Crippen molar-refractivity contribution in [2.24, 2.45) is 0 Å². The van der Waals surface area contributed by atoms with E-state index in [1.165, 1.54) is 6.07 Å². The Morgan fingerprint density at radius 2 is 1.93 bits per heavy atom. The molecule has 0 saturated heterocycles. The van der Waals surface area contributed by atoms with Crippen molar-refractivity contribution in [1.29, 1.82) is 0 Å². The molecule has 1 aromatic heterocycles. The fourth-order valence-corrected chi connectivity index (χ4v) is 3.76. The van der Waals surface area contributed by atoms with E-state index in [9.17, 15) is 9.18 Å². The number of ether oxygens (including phenoxy) is 1. The van der Waals surface area contributed by atoms with Gasteiger partial charge in [-0.2, -0.15) is 5.10 Å². The normalized spacial score (nSPS) is 15.9. The topological polar surface area (TPSA) is 58.2 Å². The van der Waals surface area contributed by atoms with Crippen LogP contribution in [-0.4, -0.2) is 41.3 Å². The van der Waals surface area contributed by atoms with Gasteiger partial charge in [0.25, 0.3) is 5.91 Å². The molecule has 1 aliphatic heterocycles. The molecule has 1 unspecified atom stereocenters. The summed E-state index contributed by atoms with van der Waals surface area (Å²) < 4.78 is 19.9. The molecule has 0 aliphatic carbocycles. The van der Waals surface area contributed by atoms with Crippen molar-refractivity contribution in [2.75, 3.05) is 20.3 Å². The molecule has 2 heterocycles. The first-order valence-electron chi connectivity index (χ1n) is 9.31. The molecular formula is C22H22FN3O2. The summed E-state index contributed by atoms with van der Waals surface area (Å²) in [4.78, 5) is 14.8. The fourth-order valence-electron chi connectivity index (χ4n) is 3.76. The Labute approximate surface area is 163 Å². The van der Waals surface area contributed by atoms with Crippen molar-refractivity contribution in [2.45, 2.75) is 19.4 Å². The lowest BCUT2D eigenvalue weighted by molar-refractivity contribution is 0.0721. The number of carbonyl (C=O) groups is 1. The smallest absolute Gasteiger partial charge is 0.273 e. The van der Waals surface area contributed by atoms with Crippen LogP contribution in [0.3, 0.4) is 0 Å². The van der Waals surface area contributed by atoms with E-state index in [0.717, 1.165) is 16.7 Å². The van der Waals surface area contributed by atoms with Crippen molar-refractivity contribution >= 4 is 5.91 Å². The van der Waals surface area contributed by atoms with Crippen LogP contribution < -0.4 is 0 Å². The van der Waals surface area contributed by atoms with Crippen LogP contribution in [0.15, 0.2) is 48.5 Å². The number of hydrogen-bond acceptors (Lipinski definition) is 3. The maximum absolute atomic E-state index is 14.7. The third-order valence-electron chi connectivity index (χ3n) is 5.14. The summed E-state index contributed by atoms with van der Waals surface area (Å²) in [7, 11) is 1.63. The summed E-state index contributed by atoms with van der Waals surface area (Å²) in [6, 6.07) is 14.0. The Morgan fingerprint density at radius 3 is 2.64 bits per heavy atom. The van der Waals surface area contributed by atoms with E-state index >= 15 is 0 Å². The Kier molecular flexibility index (Phi) is 4.96. The van der Waals surface area contributed by atoms with Crippen LogP contribution in [0.5, 0.6) is 0 Å². The van der Waals surface area contributed by atoms with E-state index in [1.54, 1.807) is 30.2 Å². The number of benzene rings is 2. The number of aryl methyl sites for hydroxylation is 1. The highest BCUT2D eigenvalue weighted by Crippen LogP contribution is 2.43. The van der Waals surface area contributed by atoms with Crippen LogP contribution in [0, 0.1) is 12.7 Å². The van der Waals surface area contributed by atoms with E-state index in [2.05, 4.69) is 10.2 Å². The molecule has 0 saturated carbocycles. The minimum Gasteiger partial charge on any atom is -0.385 e. The van der Waals surface area contributed by atoms with E-state index < -0.39 is 6.04 Å². The Hall–Kier alpha value is -2.99. The van der Waals surface area contributed by atoms with Crippen LogP contribution in [0.4, 0.5) is 4.39 Å². The third-order valence-corrected chi connectivity index (χ3v) is 5.14. The van der Waals surface area contributed by atoms with Crippen LogP contribution >= 0.6 is 0 Å². The number of nitrogens with one attached hydrogen (secondary N) is 1. The van der Waals surface area contributed by atoms with Gasteiger partial charge in [-0.1, -0.05) is 48.0 Å². The minimum absolute atomic E-state index is 0.162. The quantitative estimate of drug-likeness (QED) is 0.656. The van der Waals surface area contributed by atoms with Gasteiger partial charge < -0.3 is 9.64 Å². The number of carbonyl (C=O) groups excluding carboxylic acids is 1. The zero-order valence-electron chi connectivity index (χ0n) is 15.9. The van der Waals surface area contributed by atoms with Gasteiger partial charge in [0.1, 0.15) is 11.5 Å². The van der Waals surface area contributed by atoms with E-state index in [1.807, 2.05) is 31.2 Å². The predicted molar refractivity (Wildman–Crippen MR) is 105 cm³/mol. The summed E-state index contributed by atoms with van der Waals surface area (Å²) in [6.45, 7) is 3.02. The van der Waals surface area contributed by atoms with Gasteiger partial charge in [0.05, 0.1) is 11.7 Å². The number of methoxy groups -OCH3 is 1. The zero-order chi connectivity index (χ0) is 19.7. The first-order chi connectivity index (χ1) is 13.6. The zero-order valence-corrected chi connectivity index (χ0v) is 15.9. The molecule has 0 fully saturated rings. The molecule has 1 aliphatic rings. The van der Waals surface area contributed by atoms with Gasteiger partial charge in [-0.05, 0) is 19.4 Å². The van der Waals surface area contributed by atoms with Crippen LogP contribution in [0.1, 0.15) is 39.6 Å². The first-order valence-corrected chi connectivity index (χ1v) is 9.31. The van der Waals surface area contributed by atoms with Crippen LogP contribution in [0.25, 0.3) is 11.3 Å². The second-order valence-electron chi connectivity index (χ2n) is 7.00. The summed E-state index contributed by atoms with van der Waals surface area (Å²) >= 11 is 0. The lowest BCUT2D eigenvalue weighted by atomic mass is 9.95. The number of hydrogen-bond donors (Lipinski definition) is 1. The summed E-state index contributed by atoms with van der Waals surface area (Å²) in [5.41, 5.74) is 4.36. The third kappa shape index (κ3) is 3.10. The molecule has 1 amide bonds. The molecular weight excluding hydrogens is 357 g/mol. The molecule has 1 atom stereocenters. The van der Waals surface area contributed by atoms with Crippen LogP contribution in [0.2, 0.25) is 0 Å². The average Bonchev–Trinajstić information content (AvgIpc) is 3.23. The fraction of sp³-hybridized carbons (Fsp3) is 0.273. The lowest BCUT2D eigenvalue weighted by Gasteiger charge is -2.26. The molecule has 0 radical (unpaired) electrons. The number of rotatable bonds is 6. The van der Waals surface area contributed by atoms with E-state index in [-0.39, 0.29) is 11.7 Å². The van der Waals surface area contributed by atoms with Gasteiger partial charge in [-0.15, -0.1) is 0 Å². The number of nitrogens with zero attached hydrogens (tertiary/aromatic N) is 2. The molecule has 3 aromatic rings. The average molecular weight is 379 g/mol. The SMILES string of the molecule is COCCCN1C(=O)c2[nH]nc(-c3ccc(C)cc3)c2C1c1ccccc1F. The van der Waals surface area contributed by atoms with E-state index in [4.69, 9.17) is 4.74 Å². The maximum Gasteiger partial charge on any atom is 0.273 e. The monoisotopic (exact) mass is 379 g/mol. The standard InChI is InChI=1S/C22H22FN3O2/c1-14-8-10-15(11-9-14)19-18-20(25-24-19)22(27)26(12-5-13-28-2)21(18)16-6-3-4-7-17(16)23/h3-4,6-11,21H,5,12-13H2,1-2H3,(H,24,25). The number of H-pyrrole nitrogens is 1. The summed E-state index contributed by atoms with van der Waals surface area (Å²) in [6.07, 6.45) is 0.671. The van der Waals surface area contributed by atoms with Crippen molar-refractivity contribution in [1.82, 2.24) is 15.1 Å². The number of aromatic nitrogens is 2. The number of halogens is 1. The Bertz CT molecular complexity index is 997. The molecule has 0 spiro atoms. The Balaban J connectivity index is 1.83. The summed E-state index contributed by atoms with van der Waals surface area (Å²) in [5.74, 6) is -0.494. The molecule has 4 rings (SSSR count). The second kappa shape index (κ2) is 7.56. The van der Waals surface area contributed by atoms with Crippen molar-refractivity contribution in [3.8, 4) is 11.3 Å². The van der Waals surface area contributed by atoms with Gasteiger partial charge in [0, 0.05) is 37.0 Å². The van der Waals surface area contributed by atoms with Gasteiger partial charge >= 0.3 is 0 Å².